The first-order valence-corrected chi connectivity index (χ1v) is 17.6. The van der Waals surface area contributed by atoms with E-state index in [9.17, 15) is 9.46 Å². The van der Waals surface area contributed by atoms with Crippen LogP contribution in [0, 0.1) is 0 Å². The molecule has 8 aromatic rings. The van der Waals surface area contributed by atoms with Crippen molar-refractivity contribution in [1.82, 2.24) is 0 Å². The van der Waals surface area contributed by atoms with Gasteiger partial charge >= 0.3 is 37.4 Å². The third-order valence-electron chi connectivity index (χ3n) is 9.27. The van der Waals surface area contributed by atoms with Crippen LogP contribution in [0.15, 0.2) is 170 Å². The van der Waals surface area contributed by atoms with Crippen LogP contribution in [0.3, 0.4) is 0 Å². The fraction of sp³-hybridized carbons (Fsp3) is 0. The standard InChI is InChI=1S/C44H29O4P.Na/c45-49(46)47-43-39(33-23-19-31(20-24-33)29-11-3-1-4-12-29)27-35-15-7-9-17-37(35)41(43)42-38-18-10-8-16-36(38)28-40(44(42)48-49)34-25-21-32(22-26-34)30-13-5-2-6-14-30;/h1-28H,(H,45,46);/q;+1/p-1. The molecular formula is C44H28NaO4P. The van der Waals surface area contributed by atoms with E-state index >= 15 is 0 Å². The van der Waals surface area contributed by atoms with Crippen molar-refractivity contribution < 1.29 is 48.1 Å². The molecule has 1 aliphatic heterocycles. The third kappa shape index (κ3) is 5.76. The number of phosphoric acid groups is 1. The summed E-state index contributed by atoms with van der Waals surface area (Å²) in [6, 6.07) is 56.7. The van der Waals surface area contributed by atoms with Crippen LogP contribution in [0.25, 0.3) is 77.2 Å². The van der Waals surface area contributed by atoms with Gasteiger partial charge in [-0.15, -0.1) is 0 Å². The Morgan fingerprint density at radius 1 is 0.400 bits per heavy atom. The maximum Gasteiger partial charge on any atom is 1.00 e. The summed E-state index contributed by atoms with van der Waals surface area (Å²) in [5.41, 5.74) is 8.71. The Labute approximate surface area is 312 Å². The van der Waals surface area contributed by atoms with Gasteiger partial charge in [-0.1, -0.05) is 158 Å². The quantitative estimate of drug-likeness (QED) is 0.139. The molecule has 0 spiro atoms. The molecule has 0 saturated heterocycles. The van der Waals surface area contributed by atoms with Gasteiger partial charge in [-0.2, -0.15) is 0 Å². The zero-order chi connectivity index (χ0) is 33.0. The van der Waals surface area contributed by atoms with Crippen LogP contribution in [0.1, 0.15) is 0 Å². The normalized spacial score (nSPS) is 12.9. The van der Waals surface area contributed by atoms with Crippen molar-refractivity contribution in [3.8, 4) is 67.1 Å². The first-order valence-electron chi connectivity index (χ1n) is 16.2. The molecule has 0 N–H and O–H groups in total. The molecule has 0 aliphatic carbocycles. The number of hydrogen-bond donors (Lipinski definition) is 0. The van der Waals surface area contributed by atoms with Crippen molar-refractivity contribution >= 4 is 29.4 Å². The van der Waals surface area contributed by atoms with Crippen LogP contribution in [0.2, 0.25) is 0 Å². The number of benzene rings is 8. The van der Waals surface area contributed by atoms with Gasteiger partial charge in [-0.3, -0.25) is 0 Å². The molecule has 0 amide bonds. The summed E-state index contributed by atoms with van der Waals surface area (Å²) in [7, 11) is -4.91. The minimum atomic E-state index is -4.91. The predicted octanol–water partition coefficient (Wildman–Crippen LogP) is 8.57. The Kier molecular flexibility index (Phi) is 8.44. The fourth-order valence-corrected chi connectivity index (χ4v) is 7.82. The summed E-state index contributed by atoms with van der Waals surface area (Å²) < 4.78 is 26.0. The minimum absolute atomic E-state index is 0. The van der Waals surface area contributed by atoms with Crippen molar-refractivity contribution in [3.05, 3.63) is 170 Å². The Hall–Kier alpha value is -4.93. The molecule has 234 valence electrons. The molecule has 50 heavy (non-hydrogen) atoms. The average Bonchev–Trinajstić information content (AvgIpc) is 3.28. The second-order valence-corrected chi connectivity index (χ2v) is 13.5. The number of fused-ring (bicyclic) bond motifs is 7. The summed E-state index contributed by atoms with van der Waals surface area (Å²) in [6.07, 6.45) is 0. The SMILES string of the molecule is O=P1([O-])Oc2c(-c3ccc(-c4ccccc4)cc3)cc3ccccc3c2-c2c(c(-c3ccc(-c4ccccc4)cc3)cc3ccccc23)O1.[Na+]. The summed E-state index contributed by atoms with van der Waals surface area (Å²) in [6.45, 7) is 0. The average molecular weight is 675 g/mol. The van der Waals surface area contributed by atoms with E-state index in [1.807, 2.05) is 121 Å². The molecule has 0 radical (unpaired) electrons. The Balaban J connectivity index is 0.00000361. The Bertz CT molecular complexity index is 2390. The van der Waals surface area contributed by atoms with Gasteiger partial charge in [0, 0.05) is 22.3 Å². The molecule has 0 atom stereocenters. The molecule has 9 rings (SSSR count). The summed E-state index contributed by atoms with van der Waals surface area (Å²) in [5.74, 6) is 0.509. The number of rotatable bonds is 4. The molecule has 0 bridgehead atoms. The maximum absolute atomic E-state index is 13.9. The van der Waals surface area contributed by atoms with E-state index in [1.165, 1.54) is 0 Å². The van der Waals surface area contributed by atoms with E-state index in [0.717, 1.165) is 54.9 Å². The molecule has 0 saturated carbocycles. The van der Waals surface area contributed by atoms with Crippen LogP contribution in [-0.2, 0) is 4.57 Å². The van der Waals surface area contributed by atoms with Crippen molar-refractivity contribution in [3.63, 3.8) is 0 Å². The van der Waals surface area contributed by atoms with Crippen LogP contribution in [-0.4, -0.2) is 0 Å². The minimum Gasteiger partial charge on any atom is -0.736 e. The van der Waals surface area contributed by atoms with Gasteiger partial charge in [-0.25, -0.2) is 4.57 Å². The van der Waals surface area contributed by atoms with Gasteiger partial charge in [0.15, 0.2) is 0 Å². The van der Waals surface area contributed by atoms with Gasteiger partial charge in [0.1, 0.15) is 11.5 Å². The van der Waals surface area contributed by atoms with Crippen LogP contribution in [0.5, 0.6) is 11.5 Å². The van der Waals surface area contributed by atoms with Crippen LogP contribution < -0.4 is 43.5 Å². The second-order valence-electron chi connectivity index (χ2n) is 12.2. The van der Waals surface area contributed by atoms with Crippen molar-refractivity contribution in [2.45, 2.75) is 0 Å². The van der Waals surface area contributed by atoms with Gasteiger partial charge in [0.25, 0.3) is 0 Å². The maximum atomic E-state index is 13.9. The van der Waals surface area contributed by atoms with E-state index in [4.69, 9.17) is 9.05 Å². The van der Waals surface area contributed by atoms with Gasteiger partial charge in [-0.05, 0) is 67.1 Å². The molecule has 4 nitrogen and oxygen atoms in total. The Morgan fingerprint density at radius 2 is 0.720 bits per heavy atom. The number of hydrogen-bond acceptors (Lipinski definition) is 4. The third-order valence-corrected chi connectivity index (χ3v) is 10.1. The smallest absolute Gasteiger partial charge is 0.736 e. The van der Waals surface area contributed by atoms with Crippen molar-refractivity contribution in [1.29, 1.82) is 0 Å². The Morgan fingerprint density at radius 3 is 1.12 bits per heavy atom. The molecule has 1 aliphatic rings. The van der Waals surface area contributed by atoms with E-state index < -0.39 is 7.82 Å². The number of phosphoric ester groups is 1. The van der Waals surface area contributed by atoms with Gasteiger partial charge in [0.2, 0.25) is 0 Å². The van der Waals surface area contributed by atoms with Gasteiger partial charge in [0.05, 0.1) is 0 Å². The molecular weight excluding hydrogens is 646 g/mol. The van der Waals surface area contributed by atoms with Crippen molar-refractivity contribution in [2.75, 3.05) is 0 Å². The summed E-state index contributed by atoms with van der Waals surface area (Å²) in [5, 5.41) is 3.66. The van der Waals surface area contributed by atoms with E-state index in [1.54, 1.807) is 0 Å². The van der Waals surface area contributed by atoms with Gasteiger partial charge < -0.3 is 13.9 Å². The van der Waals surface area contributed by atoms with E-state index in [2.05, 4.69) is 48.5 Å². The first kappa shape index (κ1) is 32.3. The van der Waals surface area contributed by atoms with E-state index in [0.29, 0.717) is 22.3 Å². The molecule has 0 unspecified atom stereocenters. The molecule has 0 fully saturated rings. The fourth-order valence-electron chi connectivity index (χ4n) is 6.96. The second kappa shape index (κ2) is 13.1. The molecule has 1 heterocycles. The first-order chi connectivity index (χ1) is 24.0. The van der Waals surface area contributed by atoms with Crippen LogP contribution in [0.4, 0.5) is 0 Å². The molecule has 0 aromatic heterocycles. The molecule has 8 aromatic carbocycles. The summed E-state index contributed by atoms with van der Waals surface area (Å²) in [4.78, 5) is 13.9. The van der Waals surface area contributed by atoms with Crippen LogP contribution >= 0.6 is 7.82 Å². The zero-order valence-electron chi connectivity index (χ0n) is 27.2. The topological polar surface area (TPSA) is 58.6 Å². The molecule has 6 heteroatoms. The van der Waals surface area contributed by atoms with E-state index in [-0.39, 0.29) is 41.1 Å². The zero-order valence-corrected chi connectivity index (χ0v) is 30.1. The van der Waals surface area contributed by atoms with Crippen molar-refractivity contribution in [2.24, 2.45) is 0 Å². The predicted molar refractivity (Wildman–Crippen MR) is 197 cm³/mol. The largest absolute Gasteiger partial charge is 1.00 e. The summed E-state index contributed by atoms with van der Waals surface area (Å²) >= 11 is 0. The monoisotopic (exact) mass is 674 g/mol.